The number of carbonyl (C=O) groups is 1. The summed E-state index contributed by atoms with van der Waals surface area (Å²) in [4.78, 5) is 16.8. The van der Waals surface area contributed by atoms with E-state index in [0.717, 1.165) is 13.0 Å². The van der Waals surface area contributed by atoms with Crippen molar-refractivity contribution in [2.45, 2.75) is 6.42 Å². The van der Waals surface area contributed by atoms with Crippen LogP contribution in [0.3, 0.4) is 0 Å². The lowest BCUT2D eigenvalue weighted by Gasteiger charge is -2.14. The zero-order chi connectivity index (χ0) is 11.1. The van der Waals surface area contributed by atoms with Gasteiger partial charge in [-0.05, 0) is 31.2 Å². The number of hydrogen-bond donors (Lipinski definition) is 2. The van der Waals surface area contributed by atoms with E-state index in [1.165, 1.54) is 5.56 Å². The maximum Gasteiger partial charge on any atom is 0.248 e. The second kappa shape index (κ2) is 6.10. The van der Waals surface area contributed by atoms with E-state index in [2.05, 4.69) is 10.4 Å². The topological polar surface area (TPSA) is 71.2 Å². The lowest BCUT2D eigenvalue weighted by molar-refractivity contribution is -0.122. The van der Waals surface area contributed by atoms with Gasteiger partial charge in [0.05, 0.1) is 6.54 Å². The molecule has 0 bridgehead atoms. The molecule has 0 saturated heterocycles. The molecule has 1 rings (SSSR count). The van der Waals surface area contributed by atoms with Crippen LogP contribution in [0.2, 0.25) is 0 Å². The largest absolute Gasteiger partial charge is 0.297 e. The van der Waals surface area contributed by atoms with Crippen molar-refractivity contribution in [1.82, 2.24) is 15.3 Å². The van der Waals surface area contributed by atoms with Crippen molar-refractivity contribution in [3.8, 4) is 0 Å². The van der Waals surface area contributed by atoms with Gasteiger partial charge in [0.15, 0.2) is 0 Å². The van der Waals surface area contributed by atoms with Crippen LogP contribution in [0.1, 0.15) is 5.56 Å². The number of aromatic nitrogens is 1. The van der Waals surface area contributed by atoms with Gasteiger partial charge in [-0.1, -0.05) is 0 Å². The first-order valence-electron chi connectivity index (χ1n) is 4.79. The van der Waals surface area contributed by atoms with Crippen LogP contribution >= 0.6 is 0 Å². The van der Waals surface area contributed by atoms with E-state index in [-0.39, 0.29) is 5.91 Å². The minimum Gasteiger partial charge on any atom is -0.297 e. The summed E-state index contributed by atoms with van der Waals surface area (Å²) in [7, 11) is 1.89. The average molecular weight is 208 g/mol. The fraction of sp³-hybridized carbons (Fsp3) is 0.400. The van der Waals surface area contributed by atoms with Crippen molar-refractivity contribution >= 4 is 5.91 Å². The van der Waals surface area contributed by atoms with Crippen LogP contribution < -0.4 is 11.3 Å². The van der Waals surface area contributed by atoms with Gasteiger partial charge in [0.2, 0.25) is 5.91 Å². The monoisotopic (exact) mass is 208 g/mol. The normalized spacial score (nSPS) is 10.3. The van der Waals surface area contributed by atoms with E-state index >= 15 is 0 Å². The van der Waals surface area contributed by atoms with Crippen molar-refractivity contribution < 1.29 is 4.79 Å². The second-order valence-electron chi connectivity index (χ2n) is 3.41. The summed E-state index contributed by atoms with van der Waals surface area (Å²) in [5.74, 6) is 4.82. The third kappa shape index (κ3) is 4.53. The molecule has 0 aliphatic heterocycles. The first-order chi connectivity index (χ1) is 7.22. The number of likely N-dealkylation sites (N-methyl/N-ethyl adjacent to an activating group) is 1. The Kier molecular flexibility index (Phi) is 4.73. The molecule has 0 spiro atoms. The molecule has 15 heavy (non-hydrogen) atoms. The molecule has 1 aromatic rings. The van der Waals surface area contributed by atoms with E-state index in [1.54, 1.807) is 12.4 Å². The fourth-order valence-electron chi connectivity index (χ4n) is 1.24. The molecule has 0 aliphatic carbocycles. The Morgan fingerprint density at radius 3 is 2.80 bits per heavy atom. The van der Waals surface area contributed by atoms with Gasteiger partial charge < -0.3 is 0 Å². The fourth-order valence-corrected chi connectivity index (χ4v) is 1.24. The summed E-state index contributed by atoms with van der Waals surface area (Å²) in [6, 6.07) is 3.94. The summed E-state index contributed by atoms with van der Waals surface area (Å²) in [6.45, 7) is 1.14. The van der Waals surface area contributed by atoms with E-state index in [9.17, 15) is 4.79 Å². The summed E-state index contributed by atoms with van der Waals surface area (Å²) in [5.41, 5.74) is 3.32. The third-order valence-electron chi connectivity index (χ3n) is 2.11. The molecule has 0 radical (unpaired) electrons. The molecule has 0 fully saturated rings. The summed E-state index contributed by atoms with van der Waals surface area (Å²) >= 11 is 0. The van der Waals surface area contributed by atoms with Gasteiger partial charge in [-0.15, -0.1) is 0 Å². The Morgan fingerprint density at radius 1 is 1.53 bits per heavy atom. The number of carbonyl (C=O) groups excluding carboxylic acids is 1. The minimum absolute atomic E-state index is 0.174. The highest BCUT2D eigenvalue weighted by Crippen LogP contribution is 1.98. The molecule has 82 valence electrons. The Bertz CT molecular complexity index is 302. The van der Waals surface area contributed by atoms with Crippen LogP contribution in [0.25, 0.3) is 0 Å². The highest BCUT2D eigenvalue weighted by Gasteiger charge is 2.04. The highest BCUT2D eigenvalue weighted by molar-refractivity contribution is 5.77. The summed E-state index contributed by atoms with van der Waals surface area (Å²) < 4.78 is 0. The number of nitrogens with one attached hydrogen (secondary N) is 1. The van der Waals surface area contributed by atoms with E-state index in [4.69, 9.17) is 5.84 Å². The maximum absolute atomic E-state index is 10.9. The molecule has 5 nitrogen and oxygen atoms in total. The van der Waals surface area contributed by atoms with Gasteiger partial charge in [-0.25, -0.2) is 5.84 Å². The van der Waals surface area contributed by atoms with Crippen LogP contribution in [0.4, 0.5) is 0 Å². The summed E-state index contributed by atoms with van der Waals surface area (Å²) in [6.07, 6.45) is 4.43. The zero-order valence-electron chi connectivity index (χ0n) is 8.81. The number of nitrogens with zero attached hydrogens (tertiary/aromatic N) is 2. The van der Waals surface area contributed by atoms with E-state index < -0.39 is 0 Å². The van der Waals surface area contributed by atoms with E-state index in [1.807, 2.05) is 24.1 Å². The van der Waals surface area contributed by atoms with Crippen LogP contribution in [0, 0.1) is 0 Å². The first kappa shape index (κ1) is 11.6. The zero-order valence-corrected chi connectivity index (χ0v) is 8.81. The summed E-state index contributed by atoms with van der Waals surface area (Å²) in [5, 5.41) is 0. The van der Waals surface area contributed by atoms with Crippen LogP contribution in [0.5, 0.6) is 0 Å². The molecule has 1 amide bonds. The van der Waals surface area contributed by atoms with Crippen molar-refractivity contribution in [3.63, 3.8) is 0 Å². The standard InChI is InChI=1S/C10H16N4O/c1-14(8-10(15)13-11)7-4-9-2-5-12-6-3-9/h2-3,5-6H,4,7-8,11H2,1H3,(H,13,15). The molecule has 0 aromatic carbocycles. The number of hydrazine groups is 1. The number of nitrogens with two attached hydrogens (primary N) is 1. The van der Waals surface area contributed by atoms with Crippen molar-refractivity contribution in [2.75, 3.05) is 20.1 Å². The van der Waals surface area contributed by atoms with Crippen molar-refractivity contribution in [2.24, 2.45) is 5.84 Å². The van der Waals surface area contributed by atoms with Gasteiger partial charge in [0.25, 0.3) is 0 Å². The van der Waals surface area contributed by atoms with Gasteiger partial charge in [-0.2, -0.15) is 0 Å². The van der Waals surface area contributed by atoms with Crippen molar-refractivity contribution in [3.05, 3.63) is 30.1 Å². The molecular formula is C10H16N4O. The van der Waals surface area contributed by atoms with Gasteiger partial charge in [0, 0.05) is 18.9 Å². The average Bonchev–Trinajstić information content (AvgIpc) is 2.27. The SMILES string of the molecule is CN(CCc1ccncc1)CC(=O)NN. The molecule has 0 unspecified atom stereocenters. The van der Waals surface area contributed by atoms with Crippen LogP contribution in [-0.2, 0) is 11.2 Å². The molecule has 1 aromatic heterocycles. The molecule has 0 aliphatic rings. The molecule has 0 saturated carbocycles. The van der Waals surface area contributed by atoms with Gasteiger partial charge in [0.1, 0.15) is 0 Å². The molecule has 0 atom stereocenters. The number of pyridine rings is 1. The Labute approximate surface area is 89.3 Å². The number of rotatable bonds is 5. The van der Waals surface area contributed by atoms with Crippen LogP contribution in [0.15, 0.2) is 24.5 Å². The minimum atomic E-state index is -0.174. The Hall–Kier alpha value is -1.46. The molecular weight excluding hydrogens is 192 g/mol. The molecule has 1 heterocycles. The quantitative estimate of drug-likeness (QED) is 0.390. The Balaban J connectivity index is 2.28. The third-order valence-corrected chi connectivity index (χ3v) is 2.11. The first-order valence-corrected chi connectivity index (χ1v) is 4.79. The lowest BCUT2D eigenvalue weighted by Crippen LogP contribution is -2.39. The van der Waals surface area contributed by atoms with Gasteiger partial charge >= 0.3 is 0 Å². The molecule has 5 heteroatoms. The number of hydrogen-bond acceptors (Lipinski definition) is 4. The highest BCUT2D eigenvalue weighted by atomic mass is 16.2. The second-order valence-corrected chi connectivity index (χ2v) is 3.41. The Morgan fingerprint density at radius 2 is 2.20 bits per heavy atom. The van der Waals surface area contributed by atoms with Crippen LogP contribution in [-0.4, -0.2) is 35.9 Å². The number of amides is 1. The molecule has 3 N–H and O–H groups in total. The van der Waals surface area contributed by atoms with Gasteiger partial charge in [-0.3, -0.25) is 20.1 Å². The predicted molar refractivity (Wildman–Crippen MR) is 57.8 cm³/mol. The maximum atomic E-state index is 10.9. The predicted octanol–water partition coefficient (Wildman–Crippen LogP) is -0.454. The van der Waals surface area contributed by atoms with E-state index in [0.29, 0.717) is 6.54 Å². The lowest BCUT2D eigenvalue weighted by atomic mass is 10.2. The van der Waals surface area contributed by atoms with Crippen molar-refractivity contribution in [1.29, 1.82) is 0 Å². The smallest absolute Gasteiger partial charge is 0.248 e.